The molecule has 27 heavy (non-hydrogen) atoms. The van der Waals surface area contributed by atoms with Gasteiger partial charge in [0, 0.05) is 12.1 Å². The smallest absolute Gasteiger partial charge is 0.347 e. The van der Waals surface area contributed by atoms with Crippen LogP contribution in [0, 0.1) is 0 Å². The average molecular weight is 369 g/mol. The fourth-order valence-corrected chi connectivity index (χ4v) is 2.38. The lowest BCUT2D eigenvalue weighted by atomic mass is 10.1. The van der Waals surface area contributed by atoms with Crippen molar-refractivity contribution in [3.05, 3.63) is 65.7 Å². The third-order valence-electron chi connectivity index (χ3n) is 4.20. The minimum absolute atomic E-state index is 0.134. The van der Waals surface area contributed by atoms with E-state index in [1.54, 1.807) is 31.2 Å². The zero-order valence-corrected chi connectivity index (χ0v) is 16.1. The summed E-state index contributed by atoms with van der Waals surface area (Å²) in [5.41, 5.74) is 1.73. The van der Waals surface area contributed by atoms with E-state index in [0.717, 1.165) is 12.8 Å². The monoisotopic (exact) mass is 369 g/mol. The van der Waals surface area contributed by atoms with Gasteiger partial charge in [-0.05, 0) is 56.5 Å². The molecular weight excluding hydrogens is 342 g/mol. The quantitative estimate of drug-likeness (QED) is 0.684. The van der Waals surface area contributed by atoms with Crippen molar-refractivity contribution >= 4 is 11.9 Å². The molecule has 2 atom stereocenters. The molecule has 144 valence electrons. The highest BCUT2D eigenvalue weighted by atomic mass is 16.6. The molecule has 2 aromatic carbocycles. The van der Waals surface area contributed by atoms with Gasteiger partial charge >= 0.3 is 5.97 Å². The molecule has 0 aliphatic heterocycles. The number of carbonyl (C=O) groups is 2. The predicted molar refractivity (Wildman–Crippen MR) is 105 cm³/mol. The molecule has 0 fully saturated rings. The Labute approximate surface area is 160 Å². The summed E-state index contributed by atoms with van der Waals surface area (Å²) >= 11 is 0. The molecule has 0 saturated heterocycles. The van der Waals surface area contributed by atoms with Crippen molar-refractivity contribution in [1.82, 2.24) is 5.32 Å². The maximum absolute atomic E-state index is 12.2. The van der Waals surface area contributed by atoms with Gasteiger partial charge < -0.3 is 14.8 Å². The summed E-state index contributed by atoms with van der Waals surface area (Å²) in [7, 11) is 0. The van der Waals surface area contributed by atoms with E-state index in [2.05, 4.69) is 5.32 Å². The molecule has 0 bridgehead atoms. The molecule has 0 aliphatic rings. The highest BCUT2D eigenvalue weighted by molar-refractivity contribution is 5.94. The van der Waals surface area contributed by atoms with Crippen molar-refractivity contribution in [1.29, 1.82) is 0 Å². The van der Waals surface area contributed by atoms with E-state index < -0.39 is 12.1 Å². The van der Waals surface area contributed by atoms with Crippen LogP contribution in [0.2, 0.25) is 0 Å². The maximum atomic E-state index is 12.2. The number of nitrogens with one attached hydrogen (secondary N) is 1. The van der Waals surface area contributed by atoms with Crippen LogP contribution in [0.3, 0.4) is 0 Å². The first kappa shape index (κ1) is 20.5. The molecule has 0 radical (unpaired) electrons. The lowest BCUT2D eigenvalue weighted by Gasteiger charge is -2.17. The molecule has 0 aromatic heterocycles. The zero-order chi connectivity index (χ0) is 19.6. The number of hydrogen-bond donors (Lipinski definition) is 1. The largest absolute Gasteiger partial charge is 0.479 e. The third-order valence-corrected chi connectivity index (χ3v) is 4.20. The molecule has 0 aliphatic carbocycles. The Morgan fingerprint density at radius 3 is 2.30 bits per heavy atom. The van der Waals surface area contributed by atoms with E-state index in [1.165, 1.54) is 5.56 Å². The normalized spacial score (nSPS) is 12.7. The van der Waals surface area contributed by atoms with Gasteiger partial charge in [-0.15, -0.1) is 0 Å². The van der Waals surface area contributed by atoms with Gasteiger partial charge in [0.15, 0.2) is 6.10 Å². The lowest BCUT2D eigenvalue weighted by molar-refractivity contribution is -0.155. The molecule has 2 rings (SSSR count). The fraction of sp³-hybridized carbons (Fsp3) is 0.364. The van der Waals surface area contributed by atoms with Crippen LogP contribution in [0.25, 0.3) is 0 Å². The first-order chi connectivity index (χ1) is 13.0. The summed E-state index contributed by atoms with van der Waals surface area (Å²) in [4.78, 5) is 24.1. The molecule has 0 saturated carbocycles. The maximum Gasteiger partial charge on any atom is 0.347 e. The number of rotatable bonds is 9. The van der Waals surface area contributed by atoms with Crippen LogP contribution in [0.1, 0.15) is 43.1 Å². The van der Waals surface area contributed by atoms with Crippen LogP contribution >= 0.6 is 0 Å². The topological polar surface area (TPSA) is 64.6 Å². The van der Waals surface area contributed by atoms with Crippen molar-refractivity contribution < 1.29 is 19.1 Å². The predicted octanol–water partition coefficient (Wildman–Crippen LogP) is 3.77. The second-order valence-corrected chi connectivity index (χ2v) is 6.43. The Kier molecular flexibility index (Phi) is 7.86. The van der Waals surface area contributed by atoms with Crippen molar-refractivity contribution in [2.45, 2.75) is 45.8 Å². The highest BCUT2D eigenvalue weighted by Gasteiger charge is 2.18. The van der Waals surface area contributed by atoms with Gasteiger partial charge in [-0.1, -0.05) is 37.3 Å². The van der Waals surface area contributed by atoms with E-state index in [-0.39, 0.29) is 12.0 Å². The molecule has 0 spiro atoms. The van der Waals surface area contributed by atoms with E-state index >= 15 is 0 Å². The lowest BCUT2D eigenvalue weighted by Crippen LogP contribution is -2.29. The van der Waals surface area contributed by atoms with Gasteiger partial charge in [0.2, 0.25) is 0 Å². The highest BCUT2D eigenvalue weighted by Crippen LogP contribution is 2.15. The van der Waals surface area contributed by atoms with Gasteiger partial charge in [-0.2, -0.15) is 0 Å². The molecule has 2 aromatic rings. The van der Waals surface area contributed by atoms with Crippen LogP contribution in [-0.4, -0.2) is 30.6 Å². The zero-order valence-electron chi connectivity index (χ0n) is 16.1. The van der Waals surface area contributed by atoms with Crippen LogP contribution in [-0.2, 0) is 16.0 Å². The van der Waals surface area contributed by atoms with Gasteiger partial charge in [-0.3, -0.25) is 4.79 Å². The minimum atomic E-state index is -0.704. The number of amides is 1. The van der Waals surface area contributed by atoms with Crippen molar-refractivity contribution in [2.75, 3.05) is 6.54 Å². The summed E-state index contributed by atoms with van der Waals surface area (Å²) in [6.45, 7) is 6.01. The molecule has 5 nitrogen and oxygen atoms in total. The standard InChI is InChI=1S/C22H27NO4/c1-4-16(2)26-22(25)17(3)27-20-12-10-19(11-13-20)21(24)23-15-14-18-8-6-5-7-9-18/h5-13,16-17H,4,14-15H2,1-3H3,(H,23,24)/t16-,17+/m0/s1. The summed E-state index contributed by atoms with van der Waals surface area (Å²) in [5.74, 6) is -0.0155. The molecule has 1 amide bonds. The summed E-state index contributed by atoms with van der Waals surface area (Å²) in [6.07, 6.45) is 0.700. The van der Waals surface area contributed by atoms with E-state index in [4.69, 9.17) is 9.47 Å². The Balaban J connectivity index is 1.81. The number of hydrogen-bond acceptors (Lipinski definition) is 4. The van der Waals surface area contributed by atoms with Crippen LogP contribution in [0.5, 0.6) is 5.75 Å². The SMILES string of the molecule is CC[C@H](C)OC(=O)[C@@H](C)Oc1ccc(C(=O)NCCc2ccccc2)cc1. The molecular formula is C22H27NO4. The van der Waals surface area contributed by atoms with Crippen molar-refractivity contribution in [3.8, 4) is 5.75 Å². The van der Waals surface area contributed by atoms with Gasteiger partial charge in [0.1, 0.15) is 5.75 Å². The molecule has 1 N–H and O–H groups in total. The number of ether oxygens (including phenoxy) is 2. The van der Waals surface area contributed by atoms with Gasteiger partial charge in [0.05, 0.1) is 6.10 Å². The summed E-state index contributed by atoms with van der Waals surface area (Å²) in [6, 6.07) is 16.7. The van der Waals surface area contributed by atoms with Crippen LogP contribution < -0.4 is 10.1 Å². The minimum Gasteiger partial charge on any atom is -0.479 e. The summed E-state index contributed by atoms with van der Waals surface area (Å²) in [5, 5.41) is 2.90. The second-order valence-electron chi connectivity index (χ2n) is 6.43. The second kappa shape index (κ2) is 10.4. The van der Waals surface area contributed by atoms with E-state index in [9.17, 15) is 9.59 Å². The Morgan fingerprint density at radius 2 is 1.67 bits per heavy atom. The van der Waals surface area contributed by atoms with E-state index in [0.29, 0.717) is 17.9 Å². The van der Waals surface area contributed by atoms with Crippen molar-refractivity contribution in [2.24, 2.45) is 0 Å². The van der Waals surface area contributed by atoms with Crippen LogP contribution in [0.15, 0.2) is 54.6 Å². The number of esters is 1. The van der Waals surface area contributed by atoms with Gasteiger partial charge in [-0.25, -0.2) is 4.79 Å². The van der Waals surface area contributed by atoms with Crippen molar-refractivity contribution in [3.63, 3.8) is 0 Å². The summed E-state index contributed by atoms with van der Waals surface area (Å²) < 4.78 is 10.8. The third kappa shape index (κ3) is 6.77. The van der Waals surface area contributed by atoms with Crippen LogP contribution in [0.4, 0.5) is 0 Å². The van der Waals surface area contributed by atoms with Gasteiger partial charge in [0.25, 0.3) is 5.91 Å². The average Bonchev–Trinajstić information content (AvgIpc) is 2.69. The Bertz CT molecular complexity index is 728. The molecule has 0 heterocycles. The fourth-order valence-electron chi connectivity index (χ4n) is 2.38. The Morgan fingerprint density at radius 1 is 1.00 bits per heavy atom. The first-order valence-electron chi connectivity index (χ1n) is 9.29. The number of carbonyl (C=O) groups excluding carboxylic acids is 2. The molecule has 5 heteroatoms. The number of benzene rings is 2. The Hall–Kier alpha value is -2.82. The van der Waals surface area contributed by atoms with E-state index in [1.807, 2.05) is 44.2 Å². The first-order valence-corrected chi connectivity index (χ1v) is 9.29. The molecule has 0 unspecified atom stereocenters.